The fourth-order valence-electron chi connectivity index (χ4n) is 0.976. The fraction of sp³-hybridized carbons (Fsp3) is 0.214. The number of para-hydroxylation sites is 1. The van der Waals surface area contributed by atoms with Crippen LogP contribution in [0.4, 0.5) is 5.69 Å². The monoisotopic (exact) mass is 540 g/mol. The van der Waals surface area contributed by atoms with Crippen LogP contribution in [0, 0.1) is 26.6 Å². The molecule has 0 aliphatic carbocycles. The summed E-state index contributed by atoms with van der Waals surface area (Å²) in [4.78, 5) is 0. The minimum absolute atomic E-state index is 0.467. The summed E-state index contributed by atoms with van der Waals surface area (Å²) >= 11 is 3.13. The second kappa shape index (κ2) is 28.2. The van der Waals surface area contributed by atoms with E-state index in [1.54, 1.807) is 0 Å². The average Bonchev–Trinajstić information content (AvgIpc) is 2.62. The normalized spacial score (nSPS) is 8.27. The van der Waals surface area contributed by atoms with Crippen LogP contribution in [0.2, 0.25) is 0 Å². The van der Waals surface area contributed by atoms with E-state index in [0.29, 0.717) is 6.04 Å². The Bertz CT molecular complexity index is 432. The van der Waals surface area contributed by atoms with Crippen molar-refractivity contribution >= 4 is 23.3 Å². The van der Waals surface area contributed by atoms with E-state index in [2.05, 4.69) is 76.6 Å². The number of hydrogen-bond acceptors (Lipinski definition) is 2. The van der Waals surface area contributed by atoms with Crippen molar-refractivity contribution in [3.63, 3.8) is 0 Å². The van der Waals surface area contributed by atoms with Crippen molar-refractivity contribution in [3.8, 4) is 0 Å². The van der Waals surface area contributed by atoms with Crippen LogP contribution >= 0.6 is 13.4 Å². The van der Waals surface area contributed by atoms with Gasteiger partial charge in [-0.2, -0.15) is 0 Å². The molecule has 1 aromatic carbocycles. The summed E-state index contributed by atoms with van der Waals surface area (Å²) in [6, 6.07) is 10.7. The van der Waals surface area contributed by atoms with Gasteiger partial charge in [-0.3, -0.25) is 0 Å². The maximum absolute atomic E-state index is 7.50. The SMILES string of the molecule is CC(C)N[C](Nc1ccccc1)=[Re][Br].[C-]#[O+].[C-]#[O+].[C-]#[O+].[C-]#[O+]. The van der Waals surface area contributed by atoms with Gasteiger partial charge in [0.1, 0.15) is 0 Å². The van der Waals surface area contributed by atoms with Gasteiger partial charge in [-0.25, -0.2) is 0 Å². The number of hydrogen-bond donors (Lipinski definition) is 2. The molecular formula is C14H14BrN2O4Re. The molecule has 0 saturated heterocycles. The van der Waals surface area contributed by atoms with Crippen LogP contribution in [0.1, 0.15) is 13.8 Å². The summed E-state index contributed by atoms with van der Waals surface area (Å²) in [5.74, 6) is 0. The van der Waals surface area contributed by atoms with E-state index in [1.807, 2.05) is 18.2 Å². The molecule has 0 spiro atoms. The maximum atomic E-state index is 7.50. The molecule has 118 valence electrons. The molecule has 0 aromatic heterocycles. The molecule has 1 aromatic rings. The van der Waals surface area contributed by atoms with Gasteiger partial charge in [0.2, 0.25) is 0 Å². The molecule has 0 unspecified atom stereocenters. The quantitative estimate of drug-likeness (QED) is 0.453. The average molecular weight is 540 g/mol. The van der Waals surface area contributed by atoms with Gasteiger partial charge in [0, 0.05) is 0 Å². The Morgan fingerprint density at radius 3 is 1.68 bits per heavy atom. The first-order valence-electron chi connectivity index (χ1n) is 5.25. The van der Waals surface area contributed by atoms with E-state index < -0.39 is 15.5 Å². The molecule has 0 heterocycles. The Morgan fingerprint density at radius 2 is 1.36 bits per heavy atom. The summed E-state index contributed by atoms with van der Waals surface area (Å²) in [5.41, 5.74) is 1.14. The Morgan fingerprint density at radius 1 is 0.955 bits per heavy atom. The van der Waals surface area contributed by atoms with Crippen LogP contribution in [-0.4, -0.2) is 10.3 Å². The molecule has 2 N–H and O–H groups in total. The number of halogens is 1. The molecule has 0 aliphatic rings. The molecule has 22 heavy (non-hydrogen) atoms. The molecular weight excluding hydrogens is 526 g/mol. The van der Waals surface area contributed by atoms with Crippen molar-refractivity contribution < 1.29 is 34.1 Å². The van der Waals surface area contributed by atoms with Crippen LogP contribution in [0.3, 0.4) is 0 Å². The van der Waals surface area contributed by atoms with Crippen LogP contribution in [0.25, 0.3) is 0 Å². The van der Waals surface area contributed by atoms with E-state index in [4.69, 9.17) is 18.6 Å². The van der Waals surface area contributed by atoms with Gasteiger partial charge in [-0.1, -0.05) is 0 Å². The number of benzene rings is 1. The van der Waals surface area contributed by atoms with Crippen molar-refractivity contribution in [1.29, 1.82) is 0 Å². The minimum atomic E-state index is -0.467. The molecule has 0 aliphatic heterocycles. The first-order valence-corrected chi connectivity index (χ1v) is 12.5. The van der Waals surface area contributed by atoms with E-state index in [-0.39, 0.29) is 0 Å². The van der Waals surface area contributed by atoms with Crippen LogP contribution in [0.5, 0.6) is 0 Å². The zero-order valence-electron chi connectivity index (χ0n) is 11.9. The summed E-state index contributed by atoms with van der Waals surface area (Å²) in [5, 5.41) is 6.79. The number of rotatable bonds is 4. The van der Waals surface area contributed by atoms with Gasteiger partial charge in [0.15, 0.2) is 0 Å². The van der Waals surface area contributed by atoms with Gasteiger partial charge in [-0.15, -0.1) is 0 Å². The third-order valence-corrected chi connectivity index (χ3v) is 5.21. The van der Waals surface area contributed by atoms with Gasteiger partial charge < -0.3 is 0 Å². The van der Waals surface area contributed by atoms with Gasteiger partial charge >= 0.3 is 145 Å². The van der Waals surface area contributed by atoms with Crippen molar-refractivity contribution in [1.82, 2.24) is 5.32 Å². The number of anilines is 1. The predicted octanol–water partition coefficient (Wildman–Crippen LogP) is 2.43. The van der Waals surface area contributed by atoms with Gasteiger partial charge in [-0.05, 0) is 0 Å². The Hall–Kier alpha value is -1.05. The topological polar surface area (TPSA) is 104 Å². The molecule has 1 rings (SSSR count). The van der Waals surface area contributed by atoms with Crippen molar-refractivity contribution in [3.05, 3.63) is 56.9 Å². The molecule has 0 atom stereocenters. The molecule has 0 amide bonds. The molecule has 0 saturated carbocycles. The molecule has 6 nitrogen and oxygen atoms in total. The Labute approximate surface area is 144 Å². The van der Waals surface area contributed by atoms with Crippen molar-refractivity contribution in [2.24, 2.45) is 0 Å². The van der Waals surface area contributed by atoms with Crippen LogP contribution < -0.4 is 10.6 Å². The molecule has 0 radical (unpaired) electrons. The third kappa shape index (κ3) is 21.3. The summed E-state index contributed by atoms with van der Waals surface area (Å²) in [6.45, 7) is 22.3. The fourth-order valence-corrected chi connectivity index (χ4v) is 3.75. The molecule has 8 heteroatoms. The van der Waals surface area contributed by atoms with E-state index in [0.717, 1.165) is 5.69 Å². The first kappa shape index (κ1) is 29.0. The van der Waals surface area contributed by atoms with E-state index >= 15 is 0 Å². The second-order valence-corrected chi connectivity index (χ2v) is 7.50. The molecule has 0 fully saturated rings. The third-order valence-electron chi connectivity index (χ3n) is 1.51. The molecule has 0 bridgehead atoms. The van der Waals surface area contributed by atoms with Gasteiger partial charge in [0.25, 0.3) is 0 Å². The Balaban J connectivity index is -0.000000175. The zero-order chi connectivity index (χ0) is 18.4. The van der Waals surface area contributed by atoms with Crippen molar-refractivity contribution in [2.45, 2.75) is 19.9 Å². The summed E-state index contributed by atoms with van der Waals surface area (Å²) in [7, 11) is 0. The van der Waals surface area contributed by atoms with Crippen LogP contribution in [-0.2, 0) is 34.1 Å². The second-order valence-electron chi connectivity index (χ2n) is 3.18. The Kier molecular flexibility index (Phi) is 37.2. The van der Waals surface area contributed by atoms with Crippen LogP contribution in [0.15, 0.2) is 30.3 Å². The summed E-state index contributed by atoms with van der Waals surface area (Å²) in [6.07, 6.45) is 0. The number of nitrogens with one attached hydrogen (secondary N) is 2. The predicted molar refractivity (Wildman–Crippen MR) is 78.0 cm³/mol. The zero-order valence-corrected chi connectivity index (χ0v) is 16.2. The van der Waals surface area contributed by atoms with E-state index in [9.17, 15) is 0 Å². The summed E-state index contributed by atoms with van der Waals surface area (Å²) < 4.78 is 31.2. The van der Waals surface area contributed by atoms with Crippen molar-refractivity contribution in [2.75, 3.05) is 5.32 Å². The first-order chi connectivity index (χ1) is 10.7. The van der Waals surface area contributed by atoms with E-state index in [1.165, 1.54) is 4.23 Å². The standard InChI is InChI=1S/C10H14N2.4CO.BrH.Re/c1-9(2)11-8-12-10-6-4-3-5-7-10;4*1-2;;/h3-7,9,11-12H,1-2H3;;;;;1H;/q;;;;;;+1/p-1. The van der Waals surface area contributed by atoms with Gasteiger partial charge in [0.05, 0.1) is 0 Å².